The Bertz CT molecular complexity index is 293. The second-order valence-corrected chi connectivity index (χ2v) is 3.19. The largest absolute Gasteiger partial charge is 0.385 e. The first kappa shape index (κ1) is 10.6. The lowest BCUT2D eigenvalue weighted by atomic mass is 10.2. The van der Waals surface area contributed by atoms with E-state index in [1.54, 1.807) is 0 Å². The van der Waals surface area contributed by atoms with E-state index < -0.39 is 0 Å². The predicted molar refractivity (Wildman–Crippen MR) is 59.5 cm³/mol. The number of rotatable bonds is 4. The number of hydrogen-bond donors (Lipinski definition) is 2. The molecule has 3 nitrogen and oxygen atoms in total. The van der Waals surface area contributed by atoms with Crippen LogP contribution in [0.1, 0.15) is 20.3 Å². The molecule has 76 valence electrons. The second-order valence-electron chi connectivity index (χ2n) is 3.19. The average Bonchev–Trinajstić information content (AvgIpc) is 2.16. The highest BCUT2D eigenvalue weighted by molar-refractivity contribution is 5.88. The van der Waals surface area contributed by atoms with Crippen molar-refractivity contribution in [3.8, 4) is 0 Å². The molecule has 0 aliphatic heterocycles. The van der Waals surface area contributed by atoms with Gasteiger partial charge in [-0.15, -0.1) is 0 Å². The van der Waals surface area contributed by atoms with Crippen LogP contribution in [0, 0.1) is 0 Å². The molecule has 1 aromatic rings. The predicted octanol–water partition coefficient (Wildman–Crippen LogP) is 2.47. The molecule has 0 radical (unpaired) electrons. The van der Waals surface area contributed by atoms with Crippen molar-refractivity contribution in [2.24, 2.45) is 0 Å². The van der Waals surface area contributed by atoms with Crippen LogP contribution in [-0.4, -0.2) is 12.5 Å². The van der Waals surface area contributed by atoms with E-state index in [0.717, 1.165) is 24.3 Å². The normalized spacial score (nSPS) is 9.57. The van der Waals surface area contributed by atoms with Gasteiger partial charge in [-0.3, -0.25) is 4.79 Å². The van der Waals surface area contributed by atoms with Crippen LogP contribution in [0.2, 0.25) is 0 Å². The molecule has 1 aromatic carbocycles. The van der Waals surface area contributed by atoms with Crippen LogP contribution in [0.3, 0.4) is 0 Å². The van der Waals surface area contributed by atoms with E-state index in [9.17, 15) is 4.79 Å². The van der Waals surface area contributed by atoms with Crippen LogP contribution >= 0.6 is 0 Å². The van der Waals surface area contributed by atoms with Crippen LogP contribution in [0.15, 0.2) is 24.3 Å². The zero-order chi connectivity index (χ0) is 10.4. The molecule has 3 heteroatoms. The first-order valence-corrected chi connectivity index (χ1v) is 4.84. The Labute approximate surface area is 84.5 Å². The molecule has 0 heterocycles. The summed E-state index contributed by atoms with van der Waals surface area (Å²) in [4.78, 5) is 10.7. The van der Waals surface area contributed by atoms with E-state index in [-0.39, 0.29) is 5.91 Å². The molecule has 2 N–H and O–H groups in total. The van der Waals surface area contributed by atoms with Gasteiger partial charge in [-0.05, 0) is 30.7 Å². The van der Waals surface area contributed by atoms with Gasteiger partial charge in [0.2, 0.25) is 5.91 Å². The van der Waals surface area contributed by atoms with Crippen LogP contribution in [0.4, 0.5) is 11.4 Å². The first-order chi connectivity index (χ1) is 6.72. The van der Waals surface area contributed by atoms with Crippen molar-refractivity contribution >= 4 is 17.3 Å². The number of carbonyl (C=O) groups is 1. The number of carbonyl (C=O) groups excluding carboxylic acids is 1. The average molecular weight is 192 g/mol. The van der Waals surface area contributed by atoms with Gasteiger partial charge in [-0.1, -0.05) is 6.92 Å². The summed E-state index contributed by atoms with van der Waals surface area (Å²) in [6, 6.07) is 7.70. The fraction of sp³-hybridized carbons (Fsp3) is 0.364. The topological polar surface area (TPSA) is 41.1 Å². The van der Waals surface area contributed by atoms with E-state index in [0.29, 0.717) is 0 Å². The molecule has 0 saturated heterocycles. The van der Waals surface area contributed by atoms with Gasteiger partial charge < -0.3 is 10.6 Å². The van der Waals surface area contributed by atoms with Gasteiger partial charge in [0, 0.05) is 24.8 Å². The third-order valence-electron chi connectivity index (χ3n) is 1.78. The lowest BCUT2D eigenvalue weighted by Crippen LogP contribution is -2.05. The summed E-state index contributed by atoms with van der Waals surface area (Å²) in [5.41, 5.74) is 1.92. The van der Waals surface area contributed by atoms with Gasteiger partial charge >= 0.3 is 0 Å². The minimum atomic E-state index is -0.0423. The molecule has 0 unspecified atom stereocenters. The highest BCUT2D eigenvalue weighted by atomic mass is 16.1. The fourth-order valence-corrected chi connectivity index (χ4v) is 1.14. The third kappa shape index (κ3) is 3.47. The van der Waals surface area contributed by atoms with Gasteiger partial charge in [0.15, 0.2) is 0 Å². The zero-order valence-electron chi connectivity index (χ0n) is 8.63. The molecule has 1 rings (SSSR count). The van der Waals surface area contributed by atoms with E-state index in [1.165, 1.54) is 6.92 Å². The summed E-state index contributed by atoms with van der Waals surface area (Å²) in [6.45, 7) is 4.60. The number of amides is 1. The monoisotopic (exact) mass is 192 g/mol. The van der Waals surface area contributed by atoms with Crippen molar-refractivity contribution in [3.05, 3.63) is 24.3 Å². The highest BCUT2D eigenvalue weighted by Gasteiger charge is 1.94. The lowest BCUT2D eigenvalue weighted by molar-refractivity contribution is -0.114. The Morgan fingerprint density at radius 3 is 2.29 bits per heavy atom. The molecule has 0 atom stereocenters. The summed E-state index contributed by atoms with van der Waals surface area (Å²) in [6.07, 6.45) is 1.10. The van der Waals surface area contributed by atoms with Crippen LogP contribution in [0.5, 0.6) is 0 Å². The molecule has 1 amide bonds. The van der Waals surface area contributed by atoms with Crippen molar-refractivity contribution in [2.45, 2.75) is 20.3 Å². The van der Waals surface area contributed by atoms with E-state index in [4.69, 9.17) is 0 Å². The summed E-state index contributed by atoms with van der Waals surface area (Å²) < 4.78 is 0. The standard InChI is InChI=1S/C11H16N2O/c1-3-8-12-10-4-6-11(7-5-10)13-9(2)14/h4-7,12H,3,8H2,1-2H3,(H,13,14). The summed E-state index contributed by atoms with van der Waals surface area (Å²) in [7, 11) is 0. The molecular formula is C11H16N2O. The molecule has 0 bridgehead atoms. The minimum absolute atomic E-state index is 0.0423. The minimum Gasteiger partial charge on any atom is -0.385 e. The highest BCUT2D eigenvalue weighted by Crippen LogP contribution is 2.13. The zero-order valence-corrected chi connectivity index (χ0v) is 8.63. The molecule has 0 saturated carbocycles. The van der Waals surface area contributed by atoms with Gasteiger partial charge in [0.25, 0.3) is 0 Å². The third-order valence-corrected chi connectivity index (χ3v) is 1.78. The fourth-order valence-electron chi connectivity index (χ4n) is 1.14. The van der Waals surface area contributed by atoms with Crippen LogP contribution < -0.4 is 10.6 Å². The number of anilines is 2. The Hall–Kier alpha value is -1.51. The Morgan fingerprint density at radius 2 is 1.79 bits per heavy atom. The number of nitrogens with one attached hydrogen (secondary N) is 2. The summed E-state index contributed by atoms with van der Waals surface area (Å²) in [5, 5.41) is 5.98. The molecule has 0 fully saturated rings. The molecule has 0 aliphatic rings. The lowest BCUT2D eigenvalue weighted by Gasteiger charge is -2.06. The Kier molecular flexibility index (Phi) is 3.98. The summed E-state index contributed by atoms with van der Waals surface area (Å²) >= 11 is 0. The first-order valence-electron chi connectivity index (χ1n) is 4.84. The van der Waals surface area contributed by atoms with Crippen LogP contribution in [0.25, 0.3) is 0 Å². The van der Waals surface area contributed by atoms with E-state index >= 15 is 0 Å². The molecule has 14 heavy (non-hydrogen) atoms. The number of benzene rings is 1. The maximum Gasteiger partial charge on any atom is 0.221 e. The van der Waals surface area contributed by atoms with Gasteiger partial charge in [-0.2, -0.15) is 0 Å². The van der Waals surface area contributed by atoms with Crippen molar-refractivity contribution in [3.63, 3.8) is 0 Å². The maximum absolute atomic E-state index is 10.7. The molecule has 0 spiro atoms. The SMILES string of the molecule is CCCNc1ccc(NC(C)=O)cc1. The van der Waals surface area contributed by atoms with Crippen molar-refractivity contribution < 1.29 is 4.79 Å². The molecule has 0 aliphatic carbocycles. The Balaban J connectivity index is 2.54. The second kappa shape index (κ2) is 5.27. The molecule has 0 aromatic heterocycles. The van der Waals surface area contributed by atoms with E-state index in [1.807, 2.05) is 24.3 Å². The van der Waals surface area contributed by atoms with Crippen molar-refractivity contribution in [1.82, 2.24) is 0 Å². The summed E-state index contributed by atoms with van der Waals surface area (Å²) in [5.74, 6) is -0.0423. The smallest absolute Gasteiger partial charge is 0.221 e. The quantitative estimate of drug-likeness (QED) is 0.769. The van der Waals surface area contributed by atoms with Gasteiger partial charge in [0.05, 0.1) is 0 Å². The van der Waals surface area contributed by atoms with Crippen molar-refractivity contribution in [2.75, 3.05) is 17.2 Å². The molecular weight excluding hydrogens is 176 g/mol. The van der Waals surface area contributed by atoms with Gasteiger partial charge in [-0.25, -0.2) is 0 Å². The maximum atomic E-state index is 10.7. The van der Waals surface area contributed by atoms with Gasteiger partial charge in [0.1, 0.15) is 0 Å². The Morgan fingerprint density at radius 1 is 1.21 bits per heavy atom. The van der Waals surface area contributed by atoms with E-state index in [2.05, 4.69) is 17.6 Å². The van der Waals surface area contributed by atoms with Crippen molar-refractivity contribution in [1.29, 1.82) is 0 Å². The number of hydrogen-bond acceptors (Lipinski definition) is 2. The van der Waals surface area contributed by atoms with Crippen LogP contribution in [-0.2, 0) is 4.79 Å².